The van der Waals surface area contributed by atoms with Gasteiger partial charge in [0.2, 0.25) is 0 Å². The molecule has 1 aromatic heterocycles. The molecule has 3 nitrogen and oxygen atoms in total. The van der Waals surface area contributed by atoms with Crippen LogP contribution in [0.5, 0.6) is 0 Å². The SMILES string of the molecule is N[C@H](C(=O)O)c1cccc(-c2cccs2)c1. The Morgan fingerprint density at radius 2 is 2.12 bits per heavy atom. The summed E-state index contributed by atoms with van der Waals surface area (Å²) in [5, 5.41) is 10.8. The maximum Gasteiger partial charge on any atom is 0.325 e. The van der Waals surface area contributed by atoms with Crippen LogP contribution in [-0.2, 0) is 4.79 Å². The zero-order valence-electron chi connectivity index (χ0n) is 8.46. The second kappa shape index (κ2) is 4.47. The highest BCUT2D eigenvalue weighted by atomic mass is 32.1. The lowest BCUT2D eigenvalue weighted by molar-refractivity contribution is -0.138. The number of thiophene rings is 1. The van der Waals surface area contributed by atoms with Gasteiger partial charge in [-0.3, -0.25) is 4.79 Å². The molecule has 1 aromatic carbocycles. The summed E-state index contributed by atoms with van der Waals surface area (Å²) in [7, 11) is 0. The Labute approximate surface area is 97.2 Å². The molecule has 0 saturated carbocycles. The van der Waals surface area contributed by atoms with E-state index in [0.29, 0.717) is 5.56 Å². The molecular formula is C12H11NO2S. The van der Waals surface area contributed by atoms with Gasteiger partial charge in [0.05, 0.1) is 0 Å². The summed E-state index contributed by atoms with van der Waals surface area (Å²) in [6, 6.07) is 10.3. The van der Waals surface area contributed by atoms with Gasteiger partial charge in [-0.25, -0.2) is 0 Å². The topological polar surface area (TPSA) is 63.3 Å². The van der Waals surface area contributed by atoms with Crippen molar-refractivity contribution in [2.75, 3.05) is 0 Å². The summed E-state index contributed by atoms with van der Waals surface area (Å²) in [5.41, 5.74) is 7.19. The van der Waals surface area contributed by atoms with Crippen LogP contribution < -0.4 is 5.73 Å². The van der Waals surface area contributed by atoms with Gasteiger partial charge in [-0.15, -0.1) is 11.3 Å². The van der Waals surface area contributed by atoms with E-state index < -0.39 is 12.0 Å². The molecule has 0 fully saturated rings. The molecule has 0 saturated heterocycles. The number of nitrogens with two attached hydrogens (primary N) is 1. The molecule has 0 bridgehead atoms. The summed E-state index contributed by atoms with van der Waals surface area (Å²) in [4.78, 5) is 11.9. The molecule has 82 valence electrons. The lowest BCUT2D eigenvalue weighted by Gasteiger charge is -2.07. The highest BCUT2D eigenvalue weighted by molar-refractivity contribution is 7.13. The first kappa shape index (κ1) is 10.9. The van der Waals surface area contributed by atoms with Crippen molar-refractivity contribution in [2.24, 2.45) is 5.73 Å². The Morgan fingerprint density at radius 3 is 2.75 bits per heavy atom. The third kappa shape index (κ3) is 2.13. The number of hydrogen-bond donors (Lipinski definition) is 2. The van der Waals surface area contributed by atoms with Crippen LogP contribution in [0.1, 0.15) is 11.6 Å². The van der Waals surface area contributed by atoms with Crippen LogP contribution in [0.25, 0.3) is 10.4 Å². The van der Waals surface area contributed by atoms with Crippen molar-refractivity contribution in [1.82, 2.24) is 0 Å². The molecule has 0 spiro atoms. The van der Waals surface area contributed by atoms with Crippen molar-refractivity contribution in [3.05, 3.63) is 47.3 Å². The van der Waals surface area contributed by atoms with Gasteiger partial charge < -0.3 is 10.8 Å². The molecule has 2 aromatic rings. The molecule has 0 aliphatic rings. The first-order valence-corrected chi connectivity index (χ1v) is 5.68. The molecule has 0 radical (unpaired) electrons. The van der Waals surface area contributed by atoms with Gasteiger partial charge in [-0.1, -0.05) is 24.3 Å². The molecule has 0 amide bonds. The minimum Gasteiger partial charge on any atom is -0.480 e. The first-order valence-electron chi connectivity index (χ1n) is 4.80. The van der Waals surface area contributed by atoms with E-state index in [-0.39, 0.29) is 0 Å². The fourth-order valence-corrected chi connectivity index (χ4v) is 2.19. The molecular weight excluding hydrogens is 222 g/mol. The molecule has 2 rings (SSSR count). The monoisotopic (exact) mass is 233 g/mol. The quantitative estimate of drug-likeness (QED) is 0.856. The average molecular weight is 233 g/mol. The zero-order chi connectivity index (χ0) is 11.5. The van der Waals surface area contributed by atoms with E-state index in [1.807, 2.05) is 35.7 Å². The van der Waals surface area contributed by atoms with E-state index in [1.54, 1.807) is 17.4 Å². The summed E-state index contributed by atoms with van der Waals surface area (Å²) >= 11 is 1.62. The molecule has 1 heterocycles. The van der Waals surface area contributed by atoms with Gasteiger partial charge >= 0.3 is 5.97 Å². The van der Waals surface area contributed by atoms with Crippen LogP contribution in [0.15, 0.2) is 41.8 Å². The van der Waals surface area contributed by atoms with E-state index in [9.17, 15) is 4.79 Å². The van der Waals surface area contributed by atoms with Crippen LogP contribution in [0.2, 0.25) is 0 Å². The van der Waals surface area contributed by atoms with Crippen molar-refractivity contribution in [2.45, 2.75) is 6.04 Å². The van der Waals surface area contributed by atoms with E-state index in [0.717, 1.165) is 10.4 Å². The predicted octanol–water partition coefficient (Wildman–Crippen LogP) is 2.50. The standard InChI is InChI=1S/C12H11NO2S/c13-11(12(14)15)9-4-1-3-8(7-9)10-5-2-6-16-10/h1-7,11H,13H2,(H,14,15)/t11-/m0/s1. The summed E-state index contributed by atoms with van der Waals surface area (Å²) in [6.45, 7) is 0. The highest BCUT2D eigenvalue weighted by Crippen LogP contribution is 2.26. The second-order valence-corrected chi connectivity index (χ2v) is 4.37. The summed E-state index contributed by atoms with van der Waals surface area (Å²) < 4.78 is 0. The van der Waals surface area contributed by atoms with Crippen molar-refractivity contribution in [1.29, 1.82) is 0 Å². The van der Waals surface area contributed by atoms with Gasteiger partial charge in [0.25, 0.3) is 0 Å². The van der Waals surface area contributed by atoms with Gasteiger partial charge in [0, 0.05) is 4.88 Å². The molecule has 4 heteroatoms. The van der Waals surface area contributed by atoms with Crippen LogP contribution in [-0.4, -0.2) is 11.1 Å². The molecule has 3 N–H and O–H groups in total. The fourth-order valence-electron chi connectivity index (χ4n) is 1.47. The van der Waals surface area contributed by atoms with Crippen LogP contribution in [0, 0.1) is 0 Å². The summed E-state index contributed by atoms with van der Waals surface area (Å²) in [6.07, 6.45) is 0. The smallest absolute Gasteiger partial charge is 0.325 e. The van der Waals surface area contributed by atoms with Crippen LogP contribution in [0.4, 0.5) is 0 Å². The molecule has 16 heavy (non-hydrogen) atoms. The minimum absolute atomic E-state index is 0.624. The largest absolute Gasteiger partial charge is 0.480 e. The maximum absolute atomic E-state index is 10.8. The normalized spacial score (nSPS) is 12.3. The maximum atomic E-state index is 10.8. The lowest BCUT2D eigenvalue weighted by Crippen LogP contribution is -2.20. The third-order valence-corrected chi connectivity index (χ3v) is 3.24. The number of aliphatic carboxylic acids is 1. The number of hydrogen-bond acceptors (Lipinski definition) is 3. The van der Waals surface area contributed by atoms with E-state index in [2.05, 4.69) is 0 Å². The second-order valence-electron chi connectivity index (χ2n) is 3.42. The Hall–Kier alpha value is -1.65. The van der Waals surface area contributed by atoms with Crippen molar-refractivity contribution in [3.8, 4) is 10.4 Å². The number of carboxylic acids is 1. The lowest BCUT2D eigenvalue weighted by atomic mass is 10.0. The average Bonchev–Trinajstić information content (AvgIpc) is 2.81. The Morgan fingerprint density at radius 1 is 1.31 bits per heavy atom. The summed E-state index contributed by atoms with van der Waals surface area (Å²) in [5.74, 6) is -1.01. The van der Waals surface area contributed by atoms with Crippen molar-refractivity contribution in [3.63, 3.8) is 0 Å². The zero-order valence-corrected chi connectivity index (χ0v) is 9.28. The third-order valence-electron chi connectivity index (χ3n) is 2.32. The molecule has 0 aliphatic heterocycles. The fraction of sp³-hybridized carbons (Fsp3) is 0.0833. The van der Waals surface area contributed by atoms with Crippen molar-refractivity contribution < 1.29 is 9.90 Å². The van der Waals surface area contributed by atoms with Gasteiger partial charge in [-0.05, 0) is 28.6 Å². The first-order chi connectivity index (χ1) is 7.68. The number of carbonyl (C=O) groups is 1. The minimum atomic E-state index is -1.01. The molecule has 1 atom stereocenters. The van der Waals surface area contributed by atoms with Crippen LogP contribution >= 0.6 is 11.3 Å². The number of rotatable bonds is 3. The Balaban J connectivity index is 2.37. The molecule has 0 aliphatic carbocycles. The number of carboxylic acid groups (broad SMARTS) is 1. The van der Waals surface area contributed by atoms with E-state index in [1.165, 1.54) is 0 Å². The predicted molar refractivity (Wildman–Crippen MR) is 64.3 cm³/mol. The van der Waals surface area contributed by atoms with Gasteiger partial charge in [0.1, 0.15) is 6.04 Å². The number of benzene rings is 1. The van der Waals surface area contributed by atoms with E-state index in [4.69, 9.17) is 10.8 Å². The van der Waals surface area contributed by atoms with Gasteiger partial charge in [-0.2, -0.15) is 0 Å². The van der Waals surface area contributed by atoms with Crippen LogP contribution in [0.3, 0.4) is 0 Å². The highest BCUT2D eigenvalue weighted by Gasteiger charge is 2.14. The molecule has 0 unspecified atom stereocenters. The van der Waals surface area contributed by atoms with Gasteiger partial charge in [0.15, 0.2) is 0 Å². The Kier molecular flexibility index (Phi) is 3.03. The van der Waals surface area contributed by atoms with E-state index >= 15 is 0 Å². The Bertz CT molecular complexity index is 493. The van der Waals surface area contributed by atoms with Crippen molar-refractivity contribution >= 4 is 17.3 Å².